The number of amides is 1. The SMILES string of the molecule is O=C(C1CCNC[C@@H]1F)N1N=CCC1c1cc(F)cc(F)c1. The molecule has 2 aliphatic heterocycles. The van der Waals surface area contributed by atoms with Gasteiger partial charge in [-0.15, -0.1) is 0 Å². The Balaban J connectivity index is 1.83. The van der Waals surface area contributed by atoms with Crippen molar-refractivity contribution in [1.29, 1.82) is 0 Å². The van der Waals surface area contributed by atoms with Gasteiger partial charge in [-0.05, 0) is 30.7 Å². The van der Waals surface area contributed by atoms with Crippen molar-refractivity contribution in [2.24, 2.45) is 11.0 Å². The van der Waals surface area contributed by atoms with Crippen molar-refractivity contribution in [2.75, 3.05) is 13.1 Å². The van der Waals surface area contributed by atoms with Crippen LogP contribution in [0, 0.1) is 17.6 Å². The van der Waals surface area contributed by atoms with Gasteiger partial charge in [-0.3, -0.25) is 4.79 Å². The van der Waals surface area contributed by atoms with Crippen molar-refractivity contribution in [1.82, 2.24) is 10.3 Å². The fourth-order valence-electron chi connectivity index (χ4n) is 2.94. The first kappa shape index (κ1) is 15.0. The minimum Gasteiger partial charge on any atom is -0.314 e. The molecule has 2 heterocycles. The van der Waals surface area contributed by atoms with E-state index in [-0.39, 0.29) is 6.54 Å². The lowest BCUT2D eigenvalue weighted by molar-refractivity contribution is -0.140. The quantitative estimate of drug-likeness (QED) is 0.910. The minimum atomic E-state index is -1.28. The number of rotatable bonds is 2. The van der Waals surface area contributed by atoms with E-state index in [2.05, 4.69) is 10.4 Å². The number of carbonyl (C=O) groups excluding carboxylic acids is 1. The fraction of sp³-hybridized carbons (Fsp3) is 0.467. The van der Waals surface area contributed by atoms with Crippen molar-refractivity contribution in [3.05, 3.63) is 35.4 Å². The lowest BCUT2D eigenvalue weighted by atomic mass is 9.94. The second kappa shape index (κ2) is 6.08. The Morgan fingerprint density at radius 1 is 1.27 bits per heavy atom. The number of hydrogen-bond acceptors (Lipinski definition) is 3. The Morgan fingerprint density at radius 2 is 2.00 bits per heavy atom. The van der Waals surface area contributed by atoms with Crippen LogP contribution in [0.5, 0.6) is 0 Å². The van der Waals surface area contributed by atoms with Crippen LogP contribution in [0.3, 0.4) is 0 Å². The third kappa shape index (κ3) is 2.85. The molecule has 1 saturated heterocycles. The Hall–Kier alpha value is -1.89. The Kier molecular flexibility index (Phi) is 4.15. The molecule has 2 unspecified atom stereocenters. The smallest absolute Gasteiger partial charge is 0.249 e. The maximum atomic E-state index is 13.9. The van der Waals surface area contributed by atoms with E-state index >= 15 is 0 Å². The predicted octanol–water partition coefficient (Wildman–Crippen LogP) is 2.17. The predicted molar refractivity (Wildman–Crippen MR) is 74.9 cm³/mol. The summed E-state index contributed by atoms with van der Waals surface area (Å²) in [5, 5.41) is 8.04. The van der Waals surface area contributed by atoms with E-state index in [1.165, 1.54) is 18.3 Å². The Morgan fingerprint density at radius 3 is 2.68 bits per heavy atom. The summed E-state index contributed by atoms with van der Waals surface area (Å²) in [5.74, 6) is -2.62. The lowest BCUT2D eigenvalue weighted by Crippen LogP contribution is -2.46. The monoisotopic (exact) mass is 311 g/mol. The van der Waals surface area contributed by atoms with E-state index in [0.717, 1.165) is 11.1 Å². The molecule has 1 aromatic rings. The number of carbonyl (C=O) groups is 1. The number of hydrazone groups is 1. The van der Waals surface area contributed by atoms with Gasteiger partial charge in [0.2, 0.25) is 5.91 Å². The summed E-state index contributed by atoms with van der Waals surface area (Å²) in [7, 11) is 0. The highest BCUT2D eigenvalue weighted by Gasteiger charge is 2.38. The molecule has 3 atom stereocenters. The minimum absolute atomic E-state index is 0.132. The second-order valence-electron chi connectivity index (χ2n) is 5.55. The van der Waals surface area contributed by atoms with Crippen LogP contribution in [0.1, 0.15) is 24.4 Å². The van der Waals surface area contributed by atoms with Gasteiger partial charge in [0, 0.05) is 25.2 Å². The highest BCUT2D eigenvalue weighted by Crippen LogP contribution is 2.32. The third-order valence-electron chi connectivity index (χ3n) is 4.05. The molecule has 0 aromatic heterocycles. The number of alkyl halides is 1. The average Bonchev–Trinajstić information content (AvgIpc) is 2.95. The molecule has 7 heteroatoms. The lowest BCUT2D eigenvalue weighted by Gasteiger charge is -2.30. The van der Waals surface area contributed by atoms with Crippen molar-refractivity contribution in [2.45, 2.75) is 25.1 Å². The fourth-order valence-corrected chi connectivity index (χ4v) is 2.94. The zero-order valence-electron chi connectivity index (χ0n) is 11.8. The molecule has 4 nitrogen and oxygen atoms in total. The maximum absolute atomic E-state index is 13.9. The van der Waals surface area contributed by atoms with E-state index in [1.54, 1.807) is 0 Å². The number of nitrogens with zero attached hydrogens (tertiary/aromatic N) is 2. The van der Waals surface area contributed by atoms with Crippen LogP contribution >= 0.6 is 0 Å². The molecular formula is C15H16F3N3O. The molecule has 2 aliphatic rings. The summed E-state index contributed by atoms with van der Waals surface area (Å²) < 4.78 is 40.7. The first-order valence-electron chi connectivity index (χ1n) is 7.22. The number of hydrogen-bond donors (Lipinski definition) is 1. The molecule has 22 heavy (non-hydrogen) atoms. The van der Waals surface area contributed by atoms with Gasteiger partial charge in [0.15, 0.2) is 0 Å². The maximum Gasteiger partial charge on any atom is 0.249 e. The van der Waals surface area contributed by atoms with Gasteiger partial charge < -0.3 is 5.32 Å². The van der Waals surface area contributed by atoms with E-state index in [1.807, 2.05) is 0 Å². The van der Waals surface area contributed by atoms with Gasteiger partial charge in [-0.25, -0.2) is 18.2 Å². The highest BCUT2D eigenvalue weighted by molar-refractivity contribution is 5.82. The van der Waals surface area contributed by atoms with E-state index in [4.69, 9.17) is 0 Å². The molecule has 118 valence electrons. The van der Waals surface area contributed by atoms with E-state index in [0.29, 0.717) is 24.9 Å². The number of halogens is 3. The van der Waals surface area contributed by atoms with Crippen molar-refractivity contribution >= 4 is 12.1 Å². The first-order valence-corrected chi connectivity index (χ1v) is 7.22. The van der Waals surface area contributed by atoms with Crippen molar-refractivity contribution < 1.29 is 18.0 Å². The molecule has 0 spiro atoms. The van der Waals surface area contributed by atoms with Gasteiger partial charge in [0.25, 0.3) is 0 Å². The summed E-state index contributed by atoms with van der Waals surface area (Å²) in [6.07, 6.45) is 0.980. The topological polar surface area (TPSA) is 44.7 Å². The summed E-state index contributed by atoms with van der Waals surface area (Å²) in [4.78, 5) is 12.5. The zero-order chi connectivity index (χ0) is 15.7. The molecule has 1 fully saturated rings. The van der Waals surface area contributed by atoms with Gasteiger partial charge in [0.05, 0.1) is 12.0 Å². The van der Waals surface area contributed by atoms with Gasteiger partial charge in [-0.1, -0.05) is 0 Å². The number of benzene rings is 1. The second-order valence-corrected chi connectivity index (χ2v) is 5.55. The molecule has 0 aliphatic carbocycles. The van der Waals surface area contributed by atoms with Crippen molar-refractivity contribution in [3.63, 3.8) is 0 Å². The van der Waals surface area contributed by atoms with Crippen LogP contribution in [0.4, 0.5) is 13.2 Å². The largest absolute Gasteiger partial charge is 0.314 e. The van der Waals surface area contributed by atoms with Gasteiger partial charge in [-0.2, -0.15) is 5.10 Å². The Labute approximate surface area is 126 Å². The molecular weight excluding hydrogens is 295 g/mol. The molecule has 1 N–H and O–H groups in total. The van der Waals surface area contributed by atoms with Crippen molar-refractivity contribution in [3.8, 4) is 0 Å². The van der Waals surface area contributed by atoms with Crippen LogP contribution in [-0.4, -0.2) is 36.4 Å². The highest BCUT2D eigenvalue weighted by atomic mass is 19.1. The van der Waals surface area contributed by atoms with Gasteiger partial charge in [0.1, 0.15) is 17.8 Å². The van der Waals surface area contributed by atoms with Crippen LogP contribution in [-0.2, 0) is 4.79 Å². The number of nitrogens with one attached hydrogen (secondary N) is 1. The first-order chi connectivity index (χ1) is 10.6. The van der Waals surface area contributed by atoms with E-state index < -0.39 is 35.7 Å². The van der Waals surface area contributed by atoms with E-state index in [9.17, 15) is 18.0 Å². The van der Waals surface area contributed by atoms with Crippen LogP contribution in [0.15, 0.2) is 23.3 Å². The number of piperidine rings is 1. The standard InChI is InChI=1S/C15H16F3N3O/c16-10-5-9(6-11(17)7-10)14-2-4-20-21(14)15(22)12-1-3-19-8-13(12)18/h4-7,12-14,19H,1-3,8H2/t12?,13-,14?/m0/s1. The summed E-state index contributed by atoms with van der Waals surface area (Å²) in [6, 6.07) is 2.55. The van der Waals surface area contributed by atoms with Crippen LogP contribution in [0.2, 0.25) is 0 Å². The summed E-state index contributed by atoms with van der Waals surface area (Å²) in [6.45, 7) is 0.695. The molecule has 0 saturated carbocycles. The zero-order valence-corrected chi connectivity index (χ0v) is 11.8. The normalized spacial score (nSPS) is 28.1. The van der Waals surface area contributed by atoms with Crippen LogP contribution in [0.25, 0.3) is 0 Å². The Bertz CT molecular complexity index is 587. The summed E-state index contributed by atoms with van der Waals surface area (Å²) >= 11 is 0. The third-order valence-corrected chi connectivity index (χ3v) is 4.05. The summed E-state index contributed by atoms with van der Waals surface area (Å²) in [5.41, 5.74) is 0.327. The molecule has 1 aromatic carbocycles. The van der Waals surface area contributed by atoms with Crippen LogP contribution < -0.4 is 5.32 Å². The average molecular weight is 311 g/mol. The molecule has 3 rings (SSSR count). The molecule has 1 amide bonds. The molecule has 0 bridgehead atoms. The molecule has 0 radical (unpaired) electrons. The van der Waals surface area contributed by atoms with Gasteiger partial charge >= 0.3 is 0 Å².